The zero-order chi connectivity index (χ0) is 25.7. The number of morpholine rings is 1. The van der Waals surface area contributed by atoms with E-state index in [1.54, 1.807) is 0 Å². The lowest BCUT2D eigenvalue weighted by Gasteiger charge is -2.32. The average Bonchev–Trinajstić information content (AvgIpc) is 3.29. The van der Waals surface area contributed by atoms with E-state index in [9.17, 15) is 18.7 Å². The van der Waals surface area contributed by atoms with Crippen LogP contribution in [-0.2, 0) is 9.47 Å². The minimum atomic E-state index is -2.79. The second-order valence-corrected chi connectivity index (χ2v) is 8.48. The van der Waals surface area contributed by atoms with Gasteiger partial charge in [0.25, 0.3) is 6.43 Å². The minimum absolute atomic E-state index is 0.00766. The lowest BCUT2D eigenvalue weighted by Crippen LogP contribution is -2.44. The van der Waals surface area contributed by atoms with Gasteiger partial charge >= 0.3 is 6.09 Å². The third-order valence-electron chi connectivity index (χ3n) is 6.00. The van der Waals surface area contributed by atoms with Crippen molar-refractivity contribution in [3.05, 3.63) is 18.2 Å². The van der Waals surface area contributed by atoms with Crippen LogP contribution in [0.4, 0.5) is 35.7 Å². The van der Waals surface area contributed by atoms with Crippen LogP contribution in [0.15, 0.2) is 12.4 Å². The number of aliphatic hydroxyl groups excluding tert-OH is 1. The summed E-state index contributed by atoms with van der Waals surface area (Å²) in [7, 11) is 0. The molecule has 0 spiro atoms. The Morgan fingerprint density at radius 2 is 1.97 bits per heavy atom. The van der Waals surface area contributed by atoms with Crippen LogP contribution in [-0.4, -0.2) is 101 Å². The fourth-order valence-electron chi connectivity index (χ4n) is 4.16. The van der Waals surface area contributed by atoms with Crippen molar-refractivity contribution in [3.8, 4) is 11.3 Å². The molecule has 0 saturated carbocycles. The van der Waals surface area contributed by atoms with Crippen LogP contribution in [0, 0.1) is 5.82 Å². The SMILES string of the molecule is Nc1ncc(-c2nc(N3CCOCC3)nc(N[C@@]3(CCO)CCN(C(=O)OCC(F)F)C3)c2F)cn1. The molecule has 4 rings (SSSR count). The second-order valence-electron chi connectivity index (χ2n) is 8.48. The van der Waals surface area contributed by atoms with Crippen LogP contribution in [0.5, 0.6) is 0 Å². The van der Waals surface area contributed by atoms with Gasteiger partial charge in [0.15, 0.2) is 18.2 Å². The third kappa shape index (κ3) is 5.84. The van der Waals surface area contributed by atoms with E-state index in [-0.39, 0.29) is 55.1 Å². The maximum absolute atomic E-state index is 15.8. The minimum Gasteiger partial charge on any atom is -0.443 e. The number of nitrogens with zero attached hydrogens (tertiary/aromatic N) is 6. The Kier molecular flexibility index (Phi) is 7.88. The lowest BCUT2D eigenvalue weighted by atomic mass is 9.94. The molecule has 0 radical (unpaired) electrons. The van der Waals surface area contributed by atoms with Gasteiger partial charge in [-0.3, -0.25) is 0 Å². The highest BCUT2D eigenvalue weighted by Gasteiger charge is 2.41. The van der Waals surface area contributed by atoms with Gasteiger partial charge < -0.3 is 35.4 Å². The number of rotatable bonds is 8. The van der Waals surface area contributed by atoms with Gasteiger partial charge in [0.05, 0.1) is 18.8 Å². The van der Waals surface area contributed by atoms with Crippen LogP contribution in [0.2, 0.25) is 0 Å². The molecule has 2 aliphatic rings. The van der Waals surface area contributed by atoms with Gasteiger partial charge in [0.2, 0.25) is 11.9 Å². The van der Waals surface area contributed by atoms with Gasteiger partial charge in [-0.25, -0.2) is 32.9 Å². The highest BCUT2D eigenvalue weighted by Crippen LogP contribution is 2.33. The largest absolute Gasteiger partial charge is 0.443 e. The molecule has 196 valence electrons. The topological polar surface area (TPSA) is 152 Å². The Morgan fingerprint density at radius 1 is 1.25 bits per heavy atom. The standard InChI is InChI=1S/C21H27F3N8O4/c22-14(23)11-36-20(34)32-3-1-21(12-32,2-6-33)30-17-15(24)16(13-9-26-18(25)27-10-13)28-19(29-17)31-4-7-35-8-5-31/h9-10,14,33H,1-8,11-12H2,(H2,25,26,27)(H,28,29,30)/t21-/m1/s1. The first-order valence-corrected chi connectivity index (χ1v) is 11.4. The summed E-state index contributed by atoms with van der Waals surface area (Å²) in [5, 5.41) is 12.8. The van der Waals surface area contributed by atoms with E-state index in [0.717, 1.165) is 0 Å². The van der Waals surface area contributed by atoms with Gasteiger partial charge in [0, 0.05) is 50.7 Å². The fourth-order valence-corrected chi connectivity index (χ4v) is 4.16. The number of nitrogen functional groups attached to an aromatic ring is 1. The van der Waals surface area contributed by atoms with E-state index in [4.69, 9.17) is 10.5 Å². The summed E-state index contributed by atoms with van der Waals surface area (Å²) in [4.78, 5) is 32.0. The zero-order valence-corrected chi connectivity index (χ0v) is 19.4. The van der Waals surface area contributed by atoms with E-state index in [2.05, 4.69) is 30.0 Å². The number of hydrogen-bond donors (Lipinski definition) is 3. The molecule has 1 amide bonds. The number of carbonyl (C=O) groups excluding carboxylic acids is 1. The maximum atomic E-state index is 15.8. The molecule has 2 aromatic rings. The number of carbonyl (C=O) groups is 1. The second kappa shape index (κ2) is 11.1. The van der Waals surface area contributed by atoms with Gasteiger partial charge in [-0.1, -0.05) is 0 Å². The zero-order valence-electron chi connectivity index (χ0n) is 19.4. The predicted molar refractivity (Wildman–Crippen MR) is 122 cm³/mol. The van der Waals surface area contributed by atoms with Crippen molar-refractivity contribution < 1.29 is 32.5 Å². The molecule has 2 aromatic heterocycles. The smallest absolute Gasteiger partial charge is 0.410 e. The highest BCUT2D eigenvalue weighted by atomic mass is 19.3. The Bertz CT molecular complexity index is 1060. The van der Waals surface area contributed by atoms with Crippen molar-refractivity contribution in [1.29, 1.82) is 0 Å². The van der Waals surface area contributed by atoms with Crippen molar-refractivity contribution in [2.75, 3.05) is 68.6 Å². The molecule has 0 bridgehead atoms. The first-order chi connectivity index (χ1) is 17.3. The number of aromatic nitrogens is 4. The normalized spacial score (nSPS) is 20.1. The molecule has 1 atom stereocenters. The number of nitrogens with one attached hydrogen (secondary N) is 1. The molecule has 15 heteroatoms. The summed E-state index contributed by atoms with van der Waals surface area (Å²) in [6.45, 7) is 0.758. The molecule has 0 aromatic carbocycles. The molecule has 0 unspecified atom stereocenters. The van der Waals surface area contributed by atoms with E-state index in [1.165, 1.54) is 17.3 Å². The van der Waals surface area contributed by atoms with E-state index in [1.807, 2.05) is 4.90 Å². The molecule has 36 heavy (non-hydrogen) atoms. The number of ether oxygens (including phenoxy) is 2. The summed E-state index contributed by atoms with van der Waals surface area (Å²) in [5.41, 5.74) is 4.81. The van der Waals surface area contributed by atoms with Crippen LogP contribution >= 0.6 is 0 Å². The highest BCUT2D eigenvalue weighted by molar-refractivity contribution is 5.69. The number of alkyl halides is 2. The molecule has 0 aliphatic carbocycles. The number of nitrogens with two attached hydrogens (primary N) is 1. The molecule has 2 saturated heterocycles. The van der Waals surface area contributed by atoms with Crippen molar-refractivity contribution >= 4 is 23.8 Å². The first-order valence-electron chi connectivity index (χ1n) is 11.4. The summed E-state index contributed by atoms with van der Waals surface area (Å²) in [6.07, 6.45) is -0.563. The van der Waals surface area contributed by atoms with Crippen LogP contribution in [0.3, 0.4) is 0 Å². The number of amides is 1. The van der Waals surface area contributed by atoms with Crippen molar-refractivity contribution in [1.82, 2.24) is 24.8 Å². The van der Waals surface area contributed by atoms with Crippen molar-refractivity contribution in [2.45, 2.75) is 24.8 Å². The molecule has 2 fully saturated rings. The summed E-state index contributed by atoms with van der Waals surface area (Å²) < 4.78 is 50.7. The Labute approximate surface area is 204 Å². The number of aliphatic hydroxyl groups is 1. The molecule has 4 heterocycles. The van der Waals surface area contributed by atoms with Gasteiger partial charge in [0.1, 0.15) is 5.69 Å². The molecule has 2 aliphatic heterocycles. The van der Waals surface area contributed by atoms with E-state index >= 15 is 4.39 Å². The maximum Gasteiger partial charge on any atom is 0.410 e. The Balaban J connectivity index is 1.66. The fraction of sp³-hybridized carbons (Fsp3) is 0.571. The molecule has 4 N–H and O–H groups in total. The van der Waals surface area contributed by atoms with Crippen molar-refractivity contribution in [3.63, 3.8) is 0 Å². The summed E-state index contributed by atoms with van der Waals surface area (Å²) in [6, 6.07) is 0. The molecular weight excluding hydrogens is 485 g/mol. The summed E-state index contributed by atoms with van der Waals surface area (Å²) >= 11 is 0. The Hall–Kier alpha value is -3.46. The predicted octanol–water partition coefficient (Wildman–Crippen LogP) is 1.13. The van der Waals surface area contributed by atoms with Gasteiger partial charge in [-0.2, -0.15) is 4.98 Å². The summed E-state index contributed by atoms with van der Waals surface area (Å²) in [5.74, 6) is -0.656. The third-order valence-corrected chi connectivity index (χ3v) is 6.00. The number of anilines is 3. The van der Waals surface area contributed by atoms with Gasteiger partial charge in [-0.15, -0.1) is 0 Å². The number of hydrogen-bond acceptors (Lipinski definition) is 11. The van der Waals surface area contributed by atoms with Crippen LogP contribution in [0.1, 0.15) is 12.8 Å². The van der Waals surface area contributed by atoms with Crippen molar-refractivity contribution in [2.24, 2.45) is 0 Å². The Morgan fingerprint density at radius 3 is 2.64 bits per heavy atom. The van der Waals surface area contributed by atoms with Crippen LogP contribution < -0.4 is 16.0 Å². The number of halogens is 3. The van der Waals surface area contributed by atoms with E-state index in [0.29, 0.717) is 32.7 Å². The van der Waals surface area contributed by atoms with E-state index < -0.39 is 30.5 Å². The average molecular weight is 512 g/mol. The quantitative estimate of drug-likeness (QED) is 0.467. The number of likely N-dealkylation sites (tertiary alicyclic amines) is 1. The molecule has 12 nitrogen and oxygen atoms in total. The van der Waals surface area contributed by atoms with Gasteiger partial charge in [-0.05, 0) is 12.8 Å². The monoisotopic (exact) mass is 512 g/mol. The first kappa shape index (κ1) is 25.6. The lowest BCUT2D eigenvalue weighted by molar-refractivity contribution is 0.0341. The molecular formula is C21H27F3N8O4. The van der Waals surface area contributed by atoms with Crippen LogP contribution in [0.25, 0.3) is 11.3 Å².